The molecule has 4 rings (SSSR count). The molecule has 0 spiro atoms. The van der Waals surface area contributed by atoms with Gasteiger partial charge >= 0.3 is 5.63 Å². The van der Waals surface area contributed by atoms with E-state index < -0.39 is 11.4 Å². The highest BCUT2D eigenvalue weighted by Gasteiger charge is 2.34. The van der Waals surface area contributed by atoms with Crippen molar-refractivity contribution in [2.75, 3.05) is 5.32 Å². The van der Waals surface area contributed by atoms with Crippen molar-refractivity contribution in [2.24, 2.45) is 0 Å². The van der Waals surface area contributed by atoms with E-state index in [2.05, 4.69) is 5.32 Å². The second-order valence-electron chi connectivity index (χ2n) is 6.43. The zero-order valence-corrected chi connectivity index (χ0v) is 15.7. The van der Waals surface area contributed by atoms with Crippen LogP contribution in [0.3, 0.4) is 0 Å². The number of halogens is 1. The summed E-state index contributed by atoms with van der Waals surface area (Å²) in [5.74, 6) is -0.541. The fourth-order valence-electron chi connectivity index (χ4n) is 3.11. The summed E-state index contributed by atoms with van der Waals surface area (Å²) in [5.41, 5.74) is 1.36. The van der Waals surface area contributed by atoms with Crippen LogP contribution >= 0.6 is 11.6 Å². The zero-order chi connectivity index (χ0) is 20.0. The second kappa shape index (κ2) is 6.65. The summed E-state index contributed by atoms with van der Waals surface area (Å²) in [6.45, 7) is 3.09. The average Bonchev–Trinajstić information content (AvgIpc) is 2.95. The van der Waals surface area contributed by atoms with Crippen LogP contribution in [0.15, 0.2) is 51.4 Å². The van der Waals surface area contributed by atoms with Crippen molar-refractivity contribution in [3.05, 3.63) is 74.3 Å². The fourth-order valence-corrected chi connectivity index (χ4v) is 3.24. The maximum atomic E-state index is 13.0. The number of allylic oxidation sites excluding steroid dienone is 1. The molecular formula is C21H14ClNO5. The molecule has 2 heterocycles. The molecule has 0 radical (unpaired) electrons. The Morgan fingerprint density at radius 3 is 2.54 bits per heavy atom. The van der Waals surface area contributed by atoms with Crippen molar-refractivity contribution >= 4 is 46.0 Å². The van der Waals surface area contributed by atoms with E-state index in [1.165, 1.54) is 13.0 Å². The van der Waals surface area contributed by atoms with Gasteiger partial charge in [-0.3, -0.25) is 9.59 Å². The predicted octanol–water partition coefficient (Wildman–Crippen LogP) is 4.33. The van der Waals surface area contributed by atoms with Gasteiger partial charge in [-0.25, -0.2) is 4.79 Å². The summed E-state index contributed by atoms with van der Waals surface area (Å²) in [5, 5.41) is 3.79. The molecular weight excluding hydrogens is 382 g/mol. The Hall–Kier alpha value is -3.38. The third kappa shape index (κ3) is 3.08. The number of rotatable bonds is 2. The lowest BCUT2D eigenvalue weighted by Crippen LogP contribution is -2.08. The second-order valence-corrected chi connectivity index (χ2v) is 6.86. The summed E-state index contributed by atoms with van der Waals surface area (Å²) >= 11 is 5.89. The third-order valence-electron chi connectivity index (χ3n) is 4.34. The lowest BCUT2D eigenvalue weighted by Gasteiger charge is -2.10. The number of anilines is 1. The molecule has 0 aliphatic carbocycles. The number of Topliss-reactive ketones (excluding diaryl/α,β-unsaturated/α-hetero) is 1. The van der Waals surface area contributed by atoms with Crippen LogP contribution in [0.4, 0.5) is 5.69 Å². The van der Waals surface area contributed by atoms with E-state index in [1.54, 1.807) is 43.3 Å². The molecule has 0 saturated heterocycles. The Morgan fingerprint density at radius 2 is 1.86 bits per heavy atom. The van der Waals surface area contributed by atoms with Crippen LogP contribution in [0.2, 0.25) is 5.02 Å². The molecule has 28 heavy (non-hydrogen) atoms. The molecule has 6 nitrogen and oxygen atoms in total. The van der Waals surface area contributed by atoms with Crippen LogP contribution in [-0.2, 0) is 4.79 Å². The number of fused-ring (bicyclic) bond motifs is 3. The predicted molar refractivity (Wildman–Crippen MR) is 106 cm³/mol. The topological polar surface area (TPSA) is 85.6 Å². The SMILES string of the molecule is CC(=O)Nc1cc2c(C)cc(=O)oc2c2c1O/C(=C\c1ccc(Cl)cc1)C2=O. The molecule has 0 fully saturated rings. The minimum Gasteiger partial charge on any atom is -0.450 e. The average molecular weight is 396 g/mol. The van der Waals surface area contributed by atoms with Gasteiger partial charge in [-0.15, -0.1) is 0 Å². The van der Waals surface area contributed by atoms with Crippen molar-refractivity contribution in [1.82, 2.24) is 0 Å². The van der Waals surface area contributed by atoms with Crippen molar-refractivity contribution < 1.29 is 18.7 Å². The Bertz CT molecular complexity index is 1240. The zero-order valence-electron chi connectivity index (χ0n) is 15.0. The quantitative estimate of drug-likeness (QED) is 0.515. The number of hydrogen-bond donors (Lipinski definition) is 1. The van der Waals surface area contributed by atoms with E-state index in [0.717, 1.165) is 0 Å². The lowest BCUT2D eigenvalue weighted by atomic mass is 10.0. The summed E-state index contributed by atoms with van der Waals surface area (Å²) < 4.78 is 11.1. The number of carbonyl (C=O) groups is 2. The van der Waals surface area contributed by atoms with Gasteiger partial charge in [-0.2, -0.15) is 0 Å². The maximum absolute atomic E-state index is 13.0. The van der Waals surface area contributed by atoms with Crippen molar-refractivity contribution in [3.8, 4) is 5.75 Å². The molecule has 1 aliphatic heterocycles. The van der Waals surface area contributed by atoms with Crippen molar-refractivity contribution in [3.63, 3.8) is 0 Å². The number of nitrogens with one attached hydrogen (secondary N) is 1. The van der Waals surface area contributed by atoms with Gasteiger partial charge in [0.05, 0.1) is 5.69 Å². The van der Waals surface area contributed by atoms with E-state index in [9.17, 15) is 14.4 Å². The summed E-state index contributed by atoms with van der Waals surface area (Å²) in [6, 6.07) is 9.84. The summed E-state index contributed by atoms with van der Waals surface area (Å²) in [7, 11) is 0. The summed E-state index contributed by atoms with van der Waals surface area (Å²) in [6.07, 6.45) is 1.57. The van der Waals surface area contributed by atoms with Crippen molar-refractivity contribution in [2.45, 2.75) is 13.8 Å². The molecule has 0 bridgehead atoms. The number of aryl methyl sites for hydroxylation is 1. The number of ketones is 1. The smallest absolute Gasteiger partial charge is 0.336 e. The first-order valence-corrected chi connectivity index (χ1v) is 8.80. The molecule has 3 aromatic rings. The molecule has 7 heteroatoms. The number of ether oxygens (including phenoxy) is 1. The van der Waals surface area contributed by atoms with E-state index in [1.807, 2.05) is 0 Å². The molecule has 2 aromatic carbocycles. The first-order valence-electron chi connectivity index (χ1n) is 8.42. The number of carbonyl (C=O) groups excluding carboxylic acids is 2. The van der Waals surface area contributed by atoms with Gasteiger partial charge in [0.25, 0.3) is 0 Å². The van der Waals surface area contributed by atoms with E-state index >= 15 is 0 Å². The molecule has 140 valence electrons. The Balaban J connectivity index is 1.94. The monoisotopic (exact) mass is 395 g/mol. The van der Waals surface area contributed by atoms with Gasteiger partial charge in [0.1, 0.15) is 5.56 Å². The van der Waals surface area contributed by atoms with Gasteiger partial charge in [0, 0.05) is 23.4 Å². The Labute approximate surface area is 164 Å². The maximum Gasteiger partial charge on any atom is 0.336 e. The molecule has 1 N–H and O–H groups in total. The van der Waals surface area contributed by atoms with Gasteiger partial charge in [-0.1, -0.05) is 23.7 Å². The number of amides is 1. The number of benzene rings is 2. The minimum atomic E-state index is -0.567. The Morgan fingerprint density at radius 1 is 1.14 bits per heavy atom. The first kappa shape index (κ1) is 18.0. The molecule has 1 aromatic heterocycles. The fraction of sp³-hybridized carbons (Fsp3) is 0.0952. The molecule has 1 amide bonds. The Kier molecular flexibility index (Phi) is 4.28. The van der Waals surface area contributed by atoms with Crippen LogP contribution in [0.25, 0.3) is 17.0 Å². The number of hydrogen-bond acceptors (Lipinski definition) is 5. The molecule has 0 unspecified atom stereocenters. The molecule has 1 aliphatic rings. The van der Waals surface area contributed by atoms with Crippen LogP contribution < -0.4 is 15.7 Å². The molecule has 0 saturated carbocycles. The van der Waals surface area contributed by atoms with Crippen molar-refractivity contribution in [1.29, 1.82) is 0 Å². The lowest BCUT2D eigenvalue weighted by molar-refractivity contribution is -0.114. The van der Waals surface area contributed by atoms with Gasteiger partial charge < -0.3 is 14.5 Å². The van der Waals surface area contributed by atoms with E-state index in [4.69, 9.17) is 20.8 Å². The highest BCUT2D eigenvalue weighted by molar-refractivity contribution is 6.30. The van der Waals surface area contributed by atoms with Gasteiger partial charge in [0.2, 0.25) is 11.7 Å². The van der Waals surface area contributed by atoms with Crippen LogP contribution in [0, 0.1) is 6.92 Å². The highest BCUT2D eigenvalue weighted by atomic mass is 35.5. The van der Waals surface area contributed by atoms with Crippen LogP contribution in [0.5, 0.6) is 5.75 Å². The van der Waals surface area contributed by atoms with E-state index in [0.29, 0.717) is 27.2 Å². The first-order chi connectivity index (χ1) is 13.3. The minimum absolute atomic E-state index is 0.0561. The van der Waals surface area contributed by atoms with Crippen LogP contribution in [-0.4, -0.2) is 11.7 Å². The third-order valence-corrected chi connectivity index (χ3v) is 4.59. The normalized spacial score (nSPS) is 14.2. The van der Waals surface area contributed by atoms with Gasteiger partial charge in [-0.05, 0) is 42.3 Å². The summed E-state index contributed by atoms with van der Waals surface area (Å²) in [4.78, 5) is 36.5. The highest BCUT2D eigenvalue weighted by Crippen LogP contribution is 2.43. The van der Waals surface area contributed by atoms with E-state index in [-0.39, 0.29) is 28.6 Å². The van der Waals surface area contributed by atoms with Crippen LogP contribution in [0.1, 0.15) is 28.4 Å². The molecule has 0 atom stereocenters. The largest absolute Gasteiger partial charge is 0.450 e. The van der Waals surface area contributed by atoms with Gasteiger partial charge in [0.15, 0.2) is 17.1 Å². The standard InChI is InChI=1S/C21H14ClNO5/c1-10-7-17(25)28-20-14(10)9-15(23-11(2)24)21-18(20)19(26)16(27-21)8-12-3-5-13(22)6-4-12/h3-9H,1-2H3,(H,23,24)/b16-8-.